The number of likely N-dealkylation sites (N-methyl/N-ethyl adjacent to an activating group) is 1. The monoisotopic (exact) mass is 392 g/mol. The first-order valence-corrected chi connectivity index (χ1v) is 10.4. The summed E-state index contributed by atoms with van der Waals surface area (Å²) < 4.78 is 2.06. The standard InChI is InChI=1S/C22H28N6O/c1-26(2)18-10-22(8-5-9-22)28(12-18)21-19-20(23-14-24-21)27(15-25-19)11-16-6-3-4-7-17(16)13-29/h3-4,6-7,14-15,18,29H,5,8-13H2,1-2H3. The number of nitrogens with zero attached hydrogens (tertiary/aromatic N) is 6. The highest BCUT2D eigenvalue weighted by Gasteiger charge is 2.51. The molecule has 152 valence electrons. The Hall–Kier alpha value is -2.51. The molecule has 0 radical (unpaired) electrons. The Labute approximate surface area is 171 Å². The average Bonchev–Trinajstić information content (AvgIpc) is 3.30. The van der Waals surface area contributed by atoms with Gasteiger partial charge in [-0.1, -0.05) is 24.3 Å². The van der Waals surface area contributed by atoms with Gasteiger partial charge in [-0.15, -0.1) is 0 Å². The maximum absolute atomic E-state index is 9.65. The van der Waals surface area contributed by atoms with E-state index < -0.39 is 0 Å². The van der Waals surface area contributed by atoms with Crippen molar-refractivity contribution in [3.63, 3.8) is 0 Å². The summed E-state index contributed by atoms with van der Waals surface area (Å²) in [6.45, 7) is 1.65. The average molecular weight is 393 g/mol. The first-order chi connectivity index (χ1) is 14.1. The molecular weight excluding hydrogens is 364 g/mol. The van der Waals surface area contributed by atoms with Crippen LogP contribution in [0, 0.1) is 0 Å². The van der Waals surface area contributed by atoms with Crippen LogP contribution in [0.3, 0.4) is 0 Å². The summed E-state index contributed by atoms with van der Waals surface area (Å²) in [4.78, 5) is 18.8. The molecule has 0 amide bonds. The van der Waals surface area contributed by atoms with Crippen LogP contribution in [0.1, 0.15) is 36.8 Å². The molecule has 2 fully saturated rings. The summed E-state index contributed by atoms with van der Waals surface area (Å²) in [5, 5.41) is 9.65. The van der Waals surface area contributed by atoms with E-state index in [1.165, 1.54) is 25.7 Å². The molecule has 0 bridgehead atoms. The number of hydrogen-bond acceptors (Lipinski definition) is 6. The number of aromatic nitrogens is 4. The summed E-state index contributed by atoms with van der Waals surface area (Å²) in [7, 11) is 4.34. The fourth-order valence-electron chi connectivity index (χ4n) is 4.96. The highest BCUT2D eigenvalue weighted by Crippen LogP contribution is 2.48. The smallest absolute Gasteiger partial charge is 0.165 e. The van der Waals surface area contributed by atoms with E-state index in [1.807, 2.05) is 30.6 Å². The van der Waals surface area contributed by atoms with Crippen molar-refractivity contribution in [1.82, 2.24) is 24.4 Å². The molecule has 3 heterocycles. The van der Waals surface area contributed by atoms with Gasteiger partial charge in [0.15, 0.2) is 17.0 Å². The van der Waals surface area contributed by atoms with Crippen LogP contribution >= 0.6 is 0 Å². The molecule has 1 saturated heterocycles. The molecular formula is C22H28N6O. The van der Waals surface area contributed by atoms with E-state index >= 15 is 0 Å². The first-order valence-electron chi connectivity index (χ1n) is 10.4. The zero-order chi connectivity index (χ0) is 20.0. The van der Waals surface area contributed by atoms with Crippen LogP contribution in [-0.2, 0) is 13.2 Å². The lowest BCUT2D eigenvalue weighted by Gasteiger charge is -2.46. The molecule has 7 heteroatoms. The van der Waals surface area contributed by atoms with Crippen LogP contribution < -0.4 is 4.90 Å². The fourth-order valence-corrected chi connectivity index (χ4v) is 4.96. The van der Waals surface area contributed by atoms with E-state index in [1.54, 1.807) is 6.33 Å². The van der Waals surface area contributed by atoms with Crippen molar-refractivity contribution >= 4 is 17.0 Å². The highest BCUT2D eigenvalue weighted by molar-refractivity contribution is 5.84. The number of hydrogen-bond donors (Lipinski definition) is 1. The molecule has 29 heavy (non-hydrogen) atoms. The first kappa shape index (κ1) is 18.5. The molecule has 5 rings (SSSR count). The Morgan fingerprint density at radius 2 is 1.93 bits per heavy atom. The van der Waals surface area contributed by atoms with Crippen molar-refractivity contribution in [2.75, 3.05) is 25.5 Å². The SMILES string of the molecule is CN(C)C1CN(c2ncnc3c2ncn3Cc2ccccc2CO)C2(CCC2)C1. The normalized spacial score (nSPS) is 20.7. The summed E-state index contributed by atoms with van der Waals surface area (Å²) >= 11 is 0. The van der Waals surface area contributed by atoms with E-state index in [2.05, 4.69) is 33.4 Å². The molecule has 1 N–H and O–H groups in total. The molecule has 2 aliphatic rings. The maximum atomic E-state index is 9.65. The predicted octanol–water partition coefficient (Wildman–Crippen LogP) is 2.43. The molecule has 7 nitrogen and oxygen atoms in total. The molecule has 1 aromatic carbocycles. The maximum Gasteiger partial charge on any atom is 0.165 e. The Kier molecular flexibility index (Phi) is 4.52. The quantitative estimate of drug-likeness (QED) is 0.719. The van der Waals surface area contributed by atoms with E-state index in [0.29, 0.717) is 12.6 Å². The van der Waals surface area contributed by atoms with Gasteiger partial charge in [-0.2, -0.15) is 0 Å². The molecule has 3 aromatic rings. The number of imidazole rings is 1. The second-order valence-electron chi connectivity index (χ2n) is 8.68. The third kappa shape index (κ3) is 3.00. The van der Waals surface area contributed by atoms with Crippen molar-refractivity contribution in [2.45, 2.75) is 50.4 Å². The summed E-state index contributed by atoms with van der Waals surface area (Å²) in [5.74, 6) is 0.966. The van der Waals surface area contributed by atoms with Crippen molar-refractivity contribution in [3.8, 4) is 0 Å². The summed E-state index contributed by atoms with van der Waals surface area (Å²) in [5.41, 5.74) is 3.97. The number of aliphatic hydroxyl groups is 1. The van der Waals surface area contributed by atoms with E-state index in [0.717, 1.165) is 34.7 Å². The predicted molar refractivity (Wildman–Crippen MR) is 113 cm³/mol. The second kappa shape index (κ2) is 7.07. The number of rotatable bonds is 5. The highest BCUT2D eigenvalue weighted by atomic mass is 16.3. The van der Waals surface area contributed by atoms with Gasteiger partial charge in [0.25, 0.3) is 0 Å². The van der Waals surface area contributed by atoms with Gasteiger partial charge in [0.05, 0.1) is 19.5 Å². The van der Waals surface area contributed by atoms with Gasteiger partial charge < -0.3 is 19.5 Å². The van der Waals surface area contributed by atoms with E-state index in [4.69, 9.17) is 9.97 Å². The molecule has 1 saturated carbocycles. The topological polar surface area (TPSA) is 70.3 Å². The van der Waals surface area contributed by atoms with Crippen molar-refractivity contribution in [3.05, 3.63) is 48.0 Å². The number of fused-ring (bicyclic) bond motifs is 1. The molecule has 2 aromatic heterocycles. The van der Waals surface area contributed by atoms with Crippen LogP contribution in [0.2, 0.25) is 0 Å². The summed E-state index contributed by atoms with van der Waals surface area (Å²) in [6.07, 6.45) is 8.46. The molecule has 1 atom stereocenters. The van der Waals surface area contributed by atoms with Gasteiger partial charge in [-0.3, -0.25) is 0 Å². The van der Waals surface area contributed by atoms with Crippen LogP contribution in [-0.4, -0.2) is 61.7 Å². The van der Waals surface area contributed by atoms with Gasteiger partial charge in [0, 0.05) is 18.1 Å². The van der Waals surface area contributed by atoms with Gasteiger partial charge in [0.2, 0.25) is 0 Å². The fraction of sp³-hybridized carbons (Fsp3) is 0.500. The minimum atomic E-state index is 0.0330. The minimum Gasteiger partial charge on any atom is -0.392 e. The summed E-state index contributed by atoms with van der Waals surface area (Å²) in [6, 6.07) is 8.50. The number of benzene rings is 1. The van der Waals surface area contributed by atoms with Crippen molar-refractivity contribution < 1.29 is 5.11 Å². The number of anilines is 1. The van der Waals surface area contributed by atoms with Crippen molar-refractivity contribution in [1.29, 1.82) is 0 Å². The zero-order valence-corrected chi connectivity index (χ0v) is 17.1. The Morgan fingerprint density at radius 1 is 1.14 bits per heavy atom. The van der Waals surface area contributed by atoms with Crippen LogP contribution in [0.15, 0.2) is 36.9 Å². The molecule has 1 spiro atoms. The lowest BCUT2D eigenvalue weighted by molar-refractivity contribution is 0.219. The lowest BCUT2D eigenvalue weighted by atomic mass is 9.74. The Balaban J connectivity index is 1.52. The third-order valence-corrected chi connectivity index (χ3v) is 6.86. The van der Waals surface area contributed by atoms with Crippen LogP contribution in [0.25, 0.3) is 11.2 Å². The van der Waals surface area contributed by atoms with E-state index in [9.17, 15) is 5.11 Å². The second-order valence-corrected chi connectivity index (χ2v) is 8.68. The molecule has 1 aliphatic heterocycles. The number of aliphatic hydroxyl groups excluding tert-OH is 1. The molecule has 1 aliphatic carbocycles. The minimum absolute atomic E-state index is 0.0330. The Morgan fingerprint density at radius 3 is 2.62 bits per heavy atom. The van der Waals surface area contributed by atoms with E-state index in [-0.39, 0.29) is 12.1 Å². The Bertz CT molecular complexity index is 1030. The third-order valence-electron chi connectivity index (χ3n) is 6.86. The largest absolute Gasteiger partial charge is 0.392 e. The van der Waals surface area contributed by atoms with Gasteiger partial charge in [-0.05, 0) is 50.9 Å². The van der Waals surface area contributed by atoms with Crippen LogP contribution in [0.5, 0.6) is 0 Å². The lowest BCUT2D eigenvalue weighted by Crippen LogP contribution is -2.49. The zero-order valence-electron chi connectivity index (χ0n) is 17.1. The van der Waals surface area contributed by atoms with Crippen molar-refractivity contribution in [2.24, 2.45) is 0 Å². The van der Waals surface area contributed by atoms with Gasteiger partial charge in [0.1, 0.15) is 6.33 Å². The van der Waals surface area contributed by atoms with Gasteiger partial charge in [-0.25, -0.2) is 15.0 Å². The molecule has 1 unspecified atom stereocenters. The van der Waals surface area contributed by atoms with Crippen LogP contribution in [0.4, 0.5) is 5.82 Å². The van der Waals surface area contributed by atoms with Gasteiger partial charge >= 0.3 is 0 Å².